The molecule has 0 spiro atoms. The molecule has 3 N–H and O–H groups in total. The Morgan fingerprint density at radius 3 is 2.23 bits per heavy atom. The second-order valence-electron chi connectivity index (χ2n) is 6.21. The van der Waals surface area contributed by atoms with Crippen LogP contribution >= 0.6 is 11.6 Å². The number of anilines is 1. The Kier molecular flexibility index (Phi) is 7.12. The summed E-state index contributed by atoms with van der Waals surface area (Å²) >= 11 is 5.80. The molecule has 5 nitrogen and oxygen atoms in total. The number of rotatable bonds is 7. The van der Waals surface area contributed by atoms with Crippen molar-refractivity contribution in [1.82, 2.24) is 5.32 Å². The van der Waals surface area contributed by atoms with Gasteiger partial charge in [-0.05, 0) is 48.9 Å². The molecule has 0 aliphatic rings. The molecule has 26 heavy (non-hydrogen) atoms. The van der Waals surface area contributed by atoms with Crippen molar-refractivity contribution in [2.75, 3.05) is 25.5 Å². The second-order valence-corrected chi connectivity index (χ2v) is 6.64. The van der Waals surface area contributed by atoms with E-state index in [9.17, 15) is 14.0 Å². The zero-order valence-corrected chi connectivity index (χ0v) is 15.4. The highest BCUT2D eigenvalue weighted by Crippen LogP contribution is 2.13. The minimum absolute atomic E-state index is 0.152. The Hall–Kier alpha value is -2.44. The summed E-state index contributed by atoms with van der Waals surface area (Å²) in [6.45, 7) is 2.13. The van der Waals surface area contributed by atoms with Gasteiger partial charge in [-0.1, -0.05) is 23.7 Å². The number of carbonyl (C=O) groups is 2. The van der Waals surface area contributed by atoms with E-state index < -0.39 is 0 Å². The number of quaternary nitrogens is 1. The van der Waals surface area contributed by atoms with Gasteiger partial charge in [-0.3, -0.25) is 9.59 Å². The van der Waals surface area contributed by atoms with Gasteiger partial charge in [0.05, 0.1) is 13.1 Å². The molecule has 2 amide bonds. The molecule has 0 aliphatic heterocycles. The van der Waals surface area contributed by atoms with Crippen LogP contribution < -0.4 is 15.5 Å². The number of hydrogen-bond acceptors (Lipinski definition) is 2. The highest BCUT2D eigenvalue weighted by atomic mass is 35.5. The Bertz CT molecular complexity index is 750. The van der Waals surface area contributed by atoms with Crippen molar-refractivity contribution in [2.24, 2.45) is 0 Å². The van der Waals surface area contributed by atoms with Crippen LogP contribution in [0.4, 0.5) is 10.1 Å². The molecule has 0 radical (unpaired) electrons. The van der Waals surface area contributed by atoms with Crippen molar-refractivity contribution in [3.63, 3.8) is 0 Å². The molecule has 0 saturated carbocycles. The van der Waals surface area contributed by atoms with Gasteiger partial charge in [-0.15, -0.1) is 0 Å². The standard InChI is InChI=1S/C19H21ClFN3O2/c1-13(14-3-7-16(21)8-4-14)22-18(25)11-24(2)12-19(26)23-17-9-5-15(20)6-10-17/h3-10,13H,11-12H2,1-2H3,(H,22,25)(H,23,26)/p+1/t13-/m1/s1. The van der Waals surface area contributed by atoms with E-state index in [0.29, 0.717) is 10.7 Å². The van der Waals surface area contributed by atoms with E-state index in [0.717, 1.165) is 10.5 Å². The maximum atomic E-state index is 12.9. The molecule has 0 saturated heterocycles. The molecule has 138 valence electrons. The van der Waals surface area contributed by atoms with Crippen LogP contribution in [-0.4, -0.2) is 32.0 Å². The summed E-state index contributed by atoms with van der Waals surface area (Å²) in [4.78, 5) is 24.9. The fraction of sp³-hybridized carbons (Fsp3) is 0.263. The zero-order chi connectivity index (χ0) is 19.1. The average Bonchev–Trinajstić information content (AvgIpc) is 2.57. The topological polar surface area (TPSA) is 62.6 Å². The van der Waals surface area contributed by atoms with Crippen LogP contribution in [0.25, 0.3) is 0 Å². The predicted octanol–water partition coefficient (Wildman–Crippen LogP) is 1.81. The third-order valence-electron chi connectivity index (χ3n) is 3.80. The van der Waals surface area contributed by atoms with Gasteiger partial charge in [0.15, 0.2) is 13.1 Å². The highest BCUT2D eigenvalue weighted by Gasteiger charge is 2.16. The molecule has 2 atom stereocenters. The van der Waals surface area contributed by atoms with Crippen molar-refractivity contribution < 1.29 is 18.9 Å². The summed E-state index contributed by atoms with van der Waals surface area (Å²) in [7, 11) is 1.77. The van der Waals surface area contributed by atoms with Crippen LogP contribution in [0.1, 0.15) is 18.5 Å². The molecular formula is C19H22ClFN3O2+. The zero-order valence-electron chi connectivity index (χ0n) is 14.7. The van der Waals surface area contributed by atoms with Crippen LogP contribution in [-0.2, 0) is 9.59 Å². The number of hydrogen-bond donors (Lipinski definition) is 3. The van der Waals surface area contributed by atoms with E-state index >= 15 is 0 Å². The summed E-state index contributed by atoms with van der Waals surface area (Å²) < 4.78 is 12.9. The van der Waals surface area contributed by atoms with Gasteiger partial charge in [0.1, 0.15) is 5.82 Å². The fourth-order valence-electron chi connectivity index (χ4n) is 2.48. The van der Waals surface area contributed by atoms with Crippen LogP contribution in [0, 0.1) is 5.82 Å². The van der Waals surface area contributed by atoms with E-state index in [4.69, 9.17) is 11.6 Å². The van der Waals surface area contributed by atoms with Gasteiger partial charge in [0.25, 0.3) is 11.8 Å². The first kappa shape index (κ1) is 19.9. The van der Waals surface area contributed by atoms with Crippen molar-refractivity contribution in [2.45, 2.75) is 13.0 Å². The largest absolute Gasteiger partial charge is 0.345 e. The van der Waals surface area contributed by atoms with E-state index in [-0.39, 0.29) is 36.8 Å². The van der Waals surface area contributed by atoms with E-state index in [1.165, 1.54) is 12.1 Å². The molecule has 2 aromatic rings. The number of carbonyl (C=O) groups excluding carboxylic acids is 2. The van der Waals surface area contributed by atoms with E-state index in [2.05, 4.69) is 10.6 Å². The molecular weight excluding hydrogens is 357 g/mol. The molecule has 0 fully saturated rings. The monoisotopic (exact) mass is 378 g/mol. The SMILES string of the molecule is C[C@@H](NC(=O)C[NH+](C)CC(=O)Nc1ccc(Cl)cc1)c1ccc(F)cc1. The van der Waals surface area contributed by atoms with Gasteiger partial charge in [-0.25, -0.2) is 4.39 Å². The quantitative estimate of drug-likeness (QED) is 0.688. The molecule has 0 heterocycles. The first-order valence-corrected chi connectivity index (χ1v) is 8.63. The van der Waals surface area contributed by atoms with Crippen LogP contribution in [0.3, 0.4) is 0 Å². The van der Waals surface area contributed by atoms with E-state index in [1.807, 2.05) is 6.92 Å². The van der Waals surface area contributed by atoms with Crippen LogP contribution in [0.2, 0.25) is 5.02 Å². The summed E-state index contributed by atoms with van der Waals surface area (Å²) in [5.74, 6) is -0.689. The summed E-state index contributed by atoms with van der Waals surface area (Å²) in [5, 5.41) is 6.20. The number of nitrogens with one attached hydrogen (secondary N) is 3. The van der Waals surface area contributed by atoms with Crippen molar-refractivity contribution in [3.8, 4) is 0 Å². The van der Waals surface area contributed by atoms with Gasteiger partial charge in [0.2, 0.25) is 0 Å². The molecule has 0 bridgehead atoms. The minimum Gasteiger partial charge on any atom is -0.345 e. The molecule has 7 heteroatoms. The van der Waals surface area contributed by atoms with Gasteiger partial charge in [-0.2, -0.15) is 0 Å². The van der Waals surface area contributed by atoms with Gasteiger partial charge >= 0.3 is 0 Å². The lowest BCUT2D eigenvalue weighted by molar-refractivity contribution is -0.862. The van der Waals surface area contributed by atoms with Gasteiger partial charge in [0, 0.05) is 10.7 Å². The third-order valence-corrected chi connectivity index (χ3v) is 4.05. The highest BCUT2D eigenvalue weighted by molar-refractivity contribution is 6.30. The lowest BCUT2D eigenvalue weighted by atomic mass is 10.1. The first-order chi connectivity index (χ1) is 12.3. The number of likely N-dealkylation sites (N-methyl/N-ethyl adjacent to an activating group) is 1. The van der Waals surface area contributed by atoms with Crippen molar-refractivity contribution in [1.29, 1.82) is 0 Å². The Balaban J connectivity index is 1.78. The number of amides is 2. The summed E-state index contributed by atoms with van der Waals surface area (Å²) in [5.41, 5.74) is 1.47. The first-order valence-electron chi connectivity index (χ1n) is 8.25. The lowest BCUT2D eigenvalue weighted by Crippen LogP contribution is -3.11. The normalized spacial score (nSPS) is 12.9. The Morgan fingerprint density at radius 2 is 1.62 bits per heavy atom. The van der Waals surface area contributed by atoms with E-state index in [1.54, 1.807) is 43.4 Å². The molecule has 0 aliphatic carbocycles. The lowest BCUT2D eigenvalue weighted by Gasteiger charge is -2.17. The average molecular weight is 379 g/mol. The number of halogens is 2. The van der Waals surface area contributed by atoms with Gasteiger partial charge < -0.3 is 15.5 Å². The van der Waals surface area contributed by atoms with Crippen LogP contribution in [0.15, 0.2) is 48.5 Å². The minimum atomic E-state index is -0.317. The Morgan fingerprint density at radius 1 is 1.04 bits per heavy atom. The smallest absolute Gasteiger partial charge is 0.279 e. The second kappa shape index (κ2) is 9.31. The molecule has 1 unspecified atom stereocenters. The number of benzene rings is 2. The third kappa shape index (κ3) is 6.46. The summed E-state index contributed by atoms with van der Waals surface area (Å²) in [6.07, 6.45) is 0. The maximum Gasteiger partial charge on any atom is 0.279 e. The summed E-state index contributed by atoms with van der Waals surface area (Å²) in [6, 6.07) is 12.6. The predicted molar refractivity (Wildman–Crippen MR) is 99.7 cm³/mol. The fourth-order valence-corrected chi connectivity index (χ4v) is 2.60. The maximum absolute atomic E-state index is 12.9. The van der Waals surface area contributed by atoms with Crippen molar-refractivity contribution >= 4 is 29.1 Å². The van der Waals surface area contributed by atoms with Crippen molar-refractivity contribution in [3.05, 3.63) is 64.9 Å². The molecule has 2 aromatic carbocycles. The van der Waals surface area contributed by atoms with Crippen LogP contribution in [0.5, 0.6) is 0 Å². The molecule has 0 aromatic heterocycles. The molecule has 2 rings (SSSR count). The Labute approximate surface area is 157 Å².